The van der Waals surface area contributed by atoms with Crippen molar-refractivity contribution < 1.29 is 5.11 Å². The van der Waals surface area contributed by atoms with E-state index in [9.17, 15) is 5.11 Å². The first kappa shape index (κ1) is 10.3. The van der Waals surface area contributed by atoms with Crippen molar-refractivity contribution in [2.45, 2.75) is 57.6 Å². The van der Waals surface area contributed by atoms with Crippen molar-refractivity contribution in [2.75, 3.05) is 0 Å². The minimum atomic E-state index is 0.0310. The van der Waals surface area contributed by atoms with Gasteiger partial charge in [-0.2, -0.15) is 0 Å². The van der Waals surface area contributed by atoms with Crippen LogP contribution in [-0.4, -0.2) is 20.1 Å². The van der Waals surface area contributed by atoms with Gasteiger partial charge in [0.05, 0.1) is 18.3 Å². The molecule has 1 unspecified atom stereocenters. The quantitative estimate of drug-likeness (QED) is 0.846. The van der Waals surface area contributed by atoms with Crippen LogP contribution in [0.4, 0.5) is 0 Å². The highest BCUT2D eigenvalue weighted by atomic mass is 16.3. The van der Waals surface area contributed by atoms with E-state index in [0.717, 1.165) is 11.6 Å². The number of hydrogen-bond donors (Lipinski definition) is 1. The van der Waals surface area contributed by atoms with Crippen molar-refractivity contribution in [3.05, 3.63) is 11.4 Å². The van der Waals surface area contributed by atoms with Crippen LogP contribution in [0.5, 0.6) is 0 Å². The zero-order chi connectivity index (χ0) is 11.1. The van der Waals surface area contributed by atoms with Crippen LogP contribution in [0.2, 0.25) is 0 Å². The molecule has 1 heterocycles. The summed E-state index contributed by atoms with van der Waals surface area (Å²) in [5.74, 6) is 1.38. The summed E-state index contributed by atoms with van der Waals surface area (Å²) in [6.07, 6.45) is 6.46. The number of nitrogens with zero attached hydrogens (tertiary/aromatic N) is 3. The Hall–Kier alpha value is -0.900. The molecule has 2 fully saturated rings. The van der Waals surface area contributed by atoms with Crippen LogP contribution in [0, 0.1) is 5.92 Å². The largest absolute Gasteiger partial charge is 0.390 e. The van der Waals surface area contributed by atoms with Gasteiger partial charge in [0, 0.05) is 5.92 Å². The smallest absolute Gasteiger partial charge is 0.112 e. The van der Waals surface area contributed by atoms with Crippen molar-refractivity contribution in [2.24, 2.45) is 5.92 Å². The van der Waals surface area contributed by atoms with Gasteiger partial charge in [-0.05, 0) is 38.5 Å². The minimum Gasteiger partial charge on any atom is -0.390 e. The highest BCUT2D eigenvalue weighted by molar-refractivity contribution is 5.20. The first-order valence-electron chi connectivity index (χ1n) is 6.36. The van der Waals surface area contributed by atoms with Crippen LogP contribution in [-0.2, 0) is 6.61 Å². The van der Waals surface area contributed by atoms with Gasteiger partial charge in [-0.25, -0.2) is 4.68 Å². The molecule has 2 aliphatic rings. The summed E-state index contributed by atoms with van der Waals surface area (Å²) in [5, 5.41) is 17.7. The average molecular weight is 221 g/mol. The molecule has 0 bridgehead atoms. The summed E-state index contributed by atoms with van der Waals surface area (Å²) in [6.45, 7) is 2.27. The number of aromatic nitrogens is 3. The lowest BCUT2D eigenvalue weighted by molar-refractivity contribution is 0.205. The zero-order valence-corrected chi connectivity index (χ0v) is 9.76. The number of aliphatic hydroxyl groups excluding tert-OH is 1. The SMILES string of the molecule is CC(C1CCC1)n1nnc(CO)c1C1CC1. The van der Waals surface area contributed by atoms with E-state index in [-0.39, 0.29) is 6.61 Å². The lowest BCUT2D eigenvalue weighted by Crippen LogP contribution is -2.25. The Morgan fingerprint density at radius 3 is 2.62 bits per heavy atom. The highest BCUT2D eigenvalue weighted by Crippen LogP contribution is 2.44. The maximum atomic E-state index is 9.28. The zero-order valence-electron chi connectivity index (χ0n) is 9.76. The maximum absolute atomic E-state index is 9.28. The third-order valence-electron chi connectivity index (χ3n) is 4.14. The van der Waals surface area contributed by atoms with Crippen molar-refractivity contribution >= 4 is 0 Å². The predicted octanol–water partition coefficient (Wildman–Crippen LogP) is 2.01. The van der Waals surface area contributed by atoms with E-state index in [4.69, 9.17) is 0 Å². The number of hydrogen-bond acceptors (Lipinski definition) is 3. The predicted molar refractivity (Wildman–Crippen MR) is 60.0 cm³/mol. The summed E-state index contributed by atoms with van der Waals surface area (Å²) in [4.78, 5) is 0. The van der Waals surface area contributed by atoms with Gasteiger partial charge < -0.3 is 5.11 Å². The van der Waals surface area contributed by atoms with Gasteiger partial charge >= 0.3 is 0 Å². The first-order valence-corrected chi connectivity index (χ1v) is 6.36. The minimum absolute atomic E-state index is 0.0310. The molecule has 2 saturated carbocycles. The van der Waals surface area contributed by atoms with E-state index in [2.05, 4.69) is 21.9 Å². The molecule has 4 nitrogen and oxygen atoms in total. The fourth-order valence-corrected chi connectivity index (χ4v) is 2.65. The molecule has 16 heavy (non-hydrogen) atoms. The van der Waals surface area contributed by atoms with Gasteiger partial charge in [0.2, 0.25) is 0 Å². The van der Waals surface area contributed by atoms with E-state index < -0.39 is 0 Å². The summed E-state index contributed by atoms with van der Waals surface area (Å²) in [5.41, 5.74) is 2.01. The topological polar surface area (TPSA) is 50.9 Å². The summed E-state index contributed by atoms with van der Waals surface area (Å²) >= 11 is 0. The van der Waals surface area contributed by atoms with Gasteiger partial charge in [0.1, 0.15) is 5.69 Å². The molecular weight excluding hydrogens is 202 g/mol. The van der Waals surface area contributed by atoms with Crippen molar-refractivity contribution in [3.8, 4) is 0 Å². The lowest BCUT2D eigenvalue weighted by Gasteiger charge is -2.32. The Kier molecular flexibility index (Phi) is 2.46. The van der Waals surface area contributed by atoms with Gasteiger partial charge in [0.25, 0.3) is 0 Å². The third kappa shape index (κ3) is 1.56. The van der Waals surface area contributed by atoms with Crippen LogP contribution in [0.25, 0.3) is 0 Å². The second-order valence-corrected chi connectivity index (χ2v) is 5.23. The van der Waals surface area contributed by atoms with E-state index in [0.29, 0.717) is 12.0 Å². The maximum Gasteiger partial charge on any atom is 0.112 e. The normalized spacial score (nSPS) is 23.1. The fraction of sp³-hybridized carbons (Fsp3) is 0.833. The molecular formula is C12H19N3O. The van der Waals surface area contributed by atoms with E-state index in [1.807, 2.05) is 0 Å². The molecule has 1 aromatic heterocycles. The molecule has 0 aromatic carbocycles. The molecule has 0 aliphatic heterocycles. The van der Waals surface area contributed by atoms with Crippen molar-refractivity contribution in [3.63, 3.8) is 0 Å². The molecule has 0 radical (unpaired) electrons. The fourth-order valence-electron chi connectivity index (χ4n) is 2.65. The van der Waals surface area contributed by atoms with Crippen molar-refractivity contribution in [1.29, 1.82) is 0 Å². The molecule has 4 heteroatoms. The summed E-state index contributed by atoms with van der Waals surface area (Å²) < 4.78 is 2.09. The molecule has 1 aromatic rings. The van der Waals surface area contributed by atoms with Crippen molar-refractivity contribution in [1.82, 2.24) is 15.0 Å². The Balaban J connectivity index is 1.89. The Labute approximate surface area is 95.7 Å². The van der Waals surface area contributed by atoms with Crippen LogP contribution in [0.1, 0.15) is 62.4 Å². The van der Waals surface area contributed by atoms with Crippen LogP contribution in [0.15, 0.2) is 0 Å². The number of aliphatic hydroxyl groups is 1. The monoisotopic (exact) mass is 221 g/mol. The Morgan fingerprint density at radius 2 is 2.12 bits per heavy atom. The number of rotatable bonds is 4. The van der Waals surface area contributed by atoms with Gasteiger partial charge in [-0.1, -0.05) is 11.6 Å². The summed E-state index contributed by atoms with van der Waals surface area (Å²) in [6, 6.07) is 0.456. The van der Waals surface area contributed by atoms with E-state index in [1.165, 1.54) is 37.8 Å². The molecule has 0 amide bonds. The third-order valence-corrected chi connectivity index (χ3v) is 4.14. The Morgan fingerprint density at radius 1 is 1.38 bits per heavy atom. The lowest BCUT2D eigenvalue weighted by atomic mass is 9.80. The molecule has 2 aliphatic carbocycles. The van der Waals surface area contributed by atoms with Gasteiger partial charge in [0.15, 0.2) is 0 Å². The van der Waals surface area contributed by atoms with Crippen LogP contribution < -0.4 is 0 Å². The Bertz CT molecular complexity index is 380. The molecule has 1 N–H and O–H groups in total. The van der Waals surface area contributed by atoms with Crippen LogP contribution >= 0.6 is 0 Å². The highest BCUT2D eigenvalue weighted by Gasteiger charge is 2.35. The second kappa shape index (κ2) is 3.84. The molecule has 0 saturated heterocycles. The molecule has 0 spiro atoms. The van der Waals surface area contributed by atoms with Gasteiger partial charge in [-0.3, -0.25) is 0 Å². The van der Waals surface area contributed by atoms with E-state index >= 15 is 0 Å². The molecule has 1 atom stereocenters. The molecule has 3 rings (SSSR count). The molecule has 88 valence electrons. The van der Waals surface area contributed by atoms with Crippen LogP contribution in [0.3, 0.4) is 0 Å². The second-order valence-electron chi connectivity index (χ2n) is 5.23. The summed E-state index contributed by atoms with van der Waals surface area (Å²) in [7, 11) is 0. The van der Waals surface area contributed by atoms with Gasteiger partial charge in [-0.15, -0.1) is 5.10 Å². The van der Waals surface area contributed by atoms with E-state index in [1.54, 1.807) is 0 Å². The average Bonchev–Trinajstić information content (AvgIpc) is 2.94. The standard InChI is InChI=1S/C12H19N3O/c1-8(9-3-2-4-9)15-12(10-5-6-10)11(7-16)13-14-15/h8-10,16H,2-7H2,1H3. The first-order chi connectivity index (χ1) is 7.81.